The Labute approximate surface area is 142 Å². The molecular formula is C17H14N8. The first kappa shape index (κ1) is 13.6. The zero-order valence-corrected chi connectivity index (χ0v) is 13.1. The summed E-state index contributed by atoms with van der Waals surface area (Å²) in [6, 6.07) is 5.97. The van der Waals surface area contributed by atoms with Crippen LogP contribution in [0, 0.1) is 0 Å². The average molecular weight is 330 g/mol. The molecule has 0 aliphatic rings. The number of rotatable bonds is 4. The van der Waals surface area contributed by atoms with Crippen LogP contribution in [-0.2, 0) is 0 Å². The number of hydrogen-bond acceptors (Lipinski definition) is 3. The molecule has 5 rings (SSSR count). The molecule has 0 aliphatic heterocycles. The summed E-state index contributed by atoms with van der Waals surface area (Å²) in [7, 11) is 0. The van der Waals surface area contributed by atoms with Gasteiger partial charge in [-0.05, 0) is 18.2 Å². The van der Waals surface area contributed by atoms with Crippen molar-refractivity contribution < 1.29 is 0 Å². The Bertz CT molecular complexity index is 978. The number of H-pyrrole nitrogens is 4. The van der Waals surface area contributed by atoms with Gasteiger partial charge < -0.3 is 19.9 Å². The minimum absolute atomic E-state index is 0.710. The number of nitrogens with one attached hydrogen (secondary N) is 4. The first-order valence-electron chi connectivity index (χ1n) is 7.80. The predicted molar refractivity (Wildman–Crippen MR) is 92.9 cm³/mol. The van der Waals surface area contributed by atoms with Gasteiger partial charge in [0.15, 0.2) is 11.6 Å². The average Bonchev–Trinajstić information content (AvgIpc) is 3.48. The normalized spacial score (nSPS) is 11.2. The van der Waals surface area contributed by atoms with Crippen LogP contribution in [0.5, 0.6) is 0 Å². The highest BCUT2D eigenvalue weighted by Crippen LogP contribution is 2.36. The monoisotopic (exact) mass is 330 g/mol. The summed E-state index contributed by atoms with van der Waals surface area (Å²) >= 11 is 0. The minimum atomic E-state index is 0.710. The maximum Gasteiger partial charge on any atom is 0.165 e. The molecule has 122 valence electrons. The van der Waals surface area contributed by atoms with E-state index in [1.807, 2.05) is 36.8 Å². The van der Waals surface area contributed by atoms with Crippen molar-refractivity contribution in [1.82, 2.24) is 39.5 Å². The van der Waals surface area contributed by atoms with E-state index in [9.17, 15) is 0 Å². The first-order valence-corrected chi connectivity index (χ1v) is 7.80. The second-order valence-electron chi connectivity index (χ2n) is 5.53. The van der Waals surface area contributed by atoms with E-state index in [1.165, 1.54) is 0 Å². The molecule has 5 aromatic heterocycles. The van der Waals surface area contributed by atoms with Gasteiger partial charge in [-0.2, -0.15) is 0 Å². The predicted octanol–water partition coefficient (Wildman–Crippen LogP) is 2.98. The maximum atomic E-state index is 4.87. The fourth-order valence-corrected chi connectivity index (χ4v) is 2.97. The van der Waals surface area contributed by atoms with Crippen LogP contribution in [0.15, 0.2) is 61.7 Å². The summed E-state index contributed by atoms with van der Waals surface area (Å²) in [6.45, 7) is 0. The zero-order chi connectivity index (χ0) is 16.6. The standard InChI is InChI=1S/C17H14N8/c1-2-13(20-4-1)25-15(11-3-5-18-8-11)14(16-21-6-7-22-16)24-17(25)12-9-19-10-23-12/h1-10,18,20H,(H,19,23)(H,21,22). The molecule has 0 bridgehead atoms. The molecule has 0 amide bonds. The molecule has 8 nitrogen and oxygen atoms in total. The number of aromatic amines is 4. The van der Waals surface area contributed by atoms with Crippen LogP contribution in [0.2, 0.25) is 0 Å². The van der Waals surface area contributed by atoms with E-state index in [-0.39, 0.29) is 0 Å². The topological polar surface area (TPSA) is 107 Å². The van der Waals surface area contributed by atoms with E-state index in [0.29, 0.717) is 5.82 Å². The van der Waals surface area contributed by atoms with Gasteiger partial charge >= 0.3 is 0 Å². The summed E-state index contributed by atoms with van der Waals surface area (Å²) in [5.41, 5.74) is 3.54. The van der Waals surface area contributed by atoms with Crippen LogP contribution in [0.1, 0.15) is 0 Å². The summed E-state index contributed by atoms with van der Waals surface area (Å²) in [5, 5.41) is 0. The van der Waals surface area contributed by atoms with Gasteiger partial charge in [-0.1, -0.05) is 0 Å². The third kappa shape index (κ3) is 2.12. The zero-order valence-electron chi connectivity index (χ0n) is 13.1. The van der Waals surface area contributed by atoms with E-state index in [4.69, 9.17) is 4.98 Å². The summed E-state index contributed by atoms with van der Waals surface area (Å²) in [4.78, 5) is 26.1. The Balaban J connectivity index is 1.88. The Morgan fingerprint density at radius 3 is 2.68 bits per heavy atom. The van der Waals surface area contributed by atoms with Gasteiger partial charge in [-0.15, -0.1) is 0 Å². The Morgan fingerprint density at radius 1 is 1.00 bits per heavy atom. The molecule has 0 saturated carbocycles. The third-order valence-electron chi connectivity index (χ3n) is 4.03. The van der Waals surface area contributed by atoms with E-state index in [0.717, 1.165) is 34.3 Å². The van der Waals surface area contributed by atoms with Crippen molar-refractivity contribution in [3.8, 4) is 40.1 Å². The van der Waals surface area contributed by atoms with Crippen LogP contribution in [-0.4, -0.2) is 39.5 Å². The van der Waals surface area contributed by atoms with Crippen molar-refractivity contribution in [2.45, 2.75) is 0 Å². The van der Waals surface area contributed by atoms with E-state index in [2.05, 4.69) is 34.5 Å². The highest BCUT2D eigenvalue weighted by atomic mass is 15.2. The van der Waals surface area contributed by atoms with Gasteiger partial charge in [0.05, 0.1) is 18.2 Å². The minimum Gasteiger partial charge on any atom is -0.367 e. The molecule has 0 saturated heterocycles. The van der Waals surface area contributed by atoms with Gasteiger partial charge in [-0.25, -0.2) is 15.0 Å². The van der Waals surface area contributed by atoms with Crippen molar-refractivity contribution in [3.05, 3.63) is 61.7 Å². The number of imidazole rings is 3. The smallest absolute Gasteiger partial charge is 0.165 e. The van der Waals surface area contributed by atoms with Crippen LogP contribution >= 0.6 is 0 Å². The molecule has 25 heavy (non-hydrogen) atoms. The second kappa shape index (κ2) is 5.38. The van der Waals surface area contributed by atoms with E-state index in [1.54, 1.807) is 24.9 Å². The van der Waals surface area contributed by atoms with Crippen molar-refractivity contribution in [2.24, 2.45) is 0 Å². The lowest BCUT2D eigenvalue weighted by Gasteiger charge is -2.09. The van der Waals surface area contributed by atoms with Gasteiger partial charge in [0.2, 0.25) is 0 Å². The van der Waals surface area contributed by atoms with Gasteiger partial charge in [-0.3, -0.25) is 4.57 Å². The summed E-state index contributed by atoms with van der Waals surface area (Å²) in [6.07, 6.45) is 12.6. The van der Waals surface area contributed by atoms with Gasteiger partial charge in [0, 0.05) is 36.5 Å². The van der Waals surface area contributed by atoms with Gasteiger partial charge in [0.25, 0.3) is 0 Å². The molecule has 5 aromatic rings. The first-order chi connectivity index (χ1) is 12.4. The third-order valence-corrected chi connectivity index (χ3v) is 4.03. The van der Waals surface area contributed by atoms with Crippen molar-refractivity contribution in [2.75, 3.05) is 0 Å². The molecular weight excluding hydrogens is 316 g/mol. The SMILES string of the molecule is c1c[nH]c(-n2c(-c3cnc[nH]3)nc(-c3ncc[nH]3)c2-c2cc[nH]c2)c1. The molecule has 0 fully saturated rings. The Morgan fingerprint density at radius 2 is 2.00 bits per heavy atom. The van der Waals surface area contributed by atoms with Crippen molar-refractivity contribution >= 4 is 0 Å². The Kier molecular flexibility index (Phi) is 2.93. The lowest BCUT2D eigenvalue weighted by atomic mass is 10.2. The lowest BCUT2D eigenvalue weighted by molar-refractivity contribution is 1.02. The summed E-state index contributed by atoms with van der Waals surface area (Å²) < 4.78 is 2.06. The molecule has 5 heterocycles. The fraction of sp³-hybridized carbons (Fsp3) is 0. The van der Waals surface area contributed by atoms with Crippen LogP contribution in [0.4, 0.5) is 0 Å². The highest BCUT2D eigenvalue weighted by Gasteiger charge is 2.24. The molecule has 0 aromatic carbocycles. The number of nitrogens with zero attached hydrogens (tertiary/aromatic N) is 4. The molecule has 0 spiro atoms. The maximum absolute atomic E-state index is 4.87. The molecule has 0 unspecified atom stereocenters. The Hall–Kier alpha value is -3.81. The largest absolute Gasteiger partial charge is 0.367 e. The quantitative estimate of drug-likeness (QED) is 0.407. The van der Waals surface area contributed by atoms with E-state index < -0.39 is 0 Å². The molecule has 0 atom stereocenters. The molecule has 4 N–H and O–H groups in total. The molecule has 0 aliphatic carbocycles. The van der Waals surface area contributed by atoms with Crippen molar-refractivity contribution in [1.29, 1.82) is 0 Å². The fourth-order valence-electron chi connectivity index (χ4n) is 2.97. The van der Waals surface area contributed by atoms with Gasteiger partial charge in [0.1, 0.15) is 17.2 Å². The van der Waals surface area contributed by atoms with Crippen LogP contribution < -0.4 is 0 Å². The van der Waals surface area contributed by atoms with Crippen LogP contribution in [0.25, 0.3) is 40.1 Å². The number of aromatic nitrogens is 8. The second-order valence-corrected chi connectivity index (χ2v) is 5.53. The van der Waals surface area contributed by atoms with Crippen LogP contribution in [0.3, 0.4) is 0 Å². The van der Waals surface area contributed by atoms with E-state index >= 15 is 0 Å². The summed E-state index contributed by atoms with van der Waals surface area (Å²) in [5.74, 6) is 2.37. The highest BCUT2D eigenvalue weighted by molar-refractivity contribution is 5.80. The lowest BCUT2D eigenvalue weighted by Crippen LogP contribution is -2.00. The number of hydrogen-bond donors (Lipinski definition) is 4. The molecule has 8 heteroatoms. The van der Waals surface area contributed by atoms with Crippen molar-refractivity contribution in [3.63, 3.8) is 0 Å². The molecule has 0 radical (unpaired) electrons.